The third-order valence-electron chi connectivity index (χ3n) is 3.59. The van der Waals surface area contributed by atoms with E-state index in [1.54, 1.807) is 11.8 Å². The summed E-state index contributed by atoms with van der Waals surface area (Å²) < 4.78 is 6.89. The number of rotatable bonds is 4. The Labute approximate surface area is 105 Å². The lowest BCUT2D eigenvalue weighted by atomic mass is 9.81. The summed E-state index contributed by atoms with van der Waals surface area (Å²) >= 11 is 0. The number of nitrogens with zero attached hydrogens (tertiary/aromatic N) is 2. The molecule has 94 valence electrons. The van der Waals surface area contributed by atoms with Crippen LogP contribution in [0.4, 0.5) is 0 Å². The lowest BCUT2D eigenvalue weighted by Gasteiger charge is -2.04. The summed E-state index contributed by atoms with van der Waals surface area (Å²) in [5.41, 5.74) is 2.17. The van der Waals surface area contributed by atoms with Crippen molar-refractivity contribution < 1.29 is 14.8 Å². The molecule has 1 aromatic heterocycles. The molecule has 0 spiro atoms. The molecule has 0 radical (unpaired) electrons. The topological polar surface area (TPSA) is 67.5 Å². The average molecular weight is 246 g/mol. The van der Waals surface area contributed by atoms with Gasteiger partial charge in [0.1, 0.15) is 6.73 Å². The van der Waals surface area contributed by atoms with E-state index in [-0.39, 0.29) is 11.7 Å². The van der Waals surface area contributed by atoms with Crippen molar-refractivity contribution in [3.8, 4) is 0 Å². The number of fused-ring (bicyclic) bond motifs is 1. The van der Waals surface area contributed by atoms with Crippen LogP contribution in [-0.4, -0.2) is 34.1 Å². The summed E-state index contributed by atoms with van der Waals surface area (Å²) in [6, 6.07) is 6.01. The number of methoxy groups -OCH3 is 1. The van der Waals surface area contributed by atoms with E-state index in [1.165, 1.54) is 0 Å². The van der Waals surface area contributed by atoms with E-state index in [2.05, 4.69) is 5.10 Å². The molecule has 2 atom stereocenters. The van der Waals surface area contributed by atoms with Gasteiger partial charge in [0.2, 0.25) is 0 Å². The Balaban J connectivity index is 1.99. The lowest BCUT2D eigenvalue weighted by molar-refractivity contribution is 0.124. The summed E-state index contributed by atoms with van der Waals surface area (Å²) in [7, 11) is 0.412. The Morgan fingerprint density at radius 1 is 1.50 bits per heavy atom. The fraction of sp³-hybridized carbons (Fsp3) is 0.417. The maximum Gasteiger partial charge on any atom is 0.455 e. The zero-order chi connectivity index (χ0) is 12.7. The van der Waals surface area contributed by atoms with Crippen molar-refractivity contribution in [2.75, 3.05) is 7.11 Å². The van der Waals surface area contributed by atoms with Gasteiger partial charge in [0.15, 0.2) is 0 Å². The van der Waals surface area contributed by atoms with Crippen LogP contribution in [0.5, 0.6) is 0 Å². The summed E-state index contributed by atoms with van der Waals surface area (Å²) in [6.45, 7) is 0.420. The van der Waals surface area contributed by atoms with E-state index in [9.17, 15) is 10.0 Å². The molecule has 1 saturated carbocycles. The van der Waals surface area contributed by atoms with Crippen molar-refractivity contribution in [2.24, 2.45) is 0 Å². The predicted molar refractivity (Wildman–Crippen MR) is 68.0 cm³/mol. The van der Waals surface area contributed by atoms with Gasteiger partial charge in [0, 0.05) is 18.3 Å². The van der Waals surface area contributed by atoms with Gasteiger partial charge in [0.25, 0.3) is 0 Å². The molecule has 1 fully saturated rings. The van der Waals surface area contributed by atoms with E-state index >= 15 is 0 Å². The molecule has 1 aliphatic rings. The first-order valence-electron chi connectivity index (χ1n) is 6.02. The van der Waals surface area contributed by atoms with Gasteiger partial charge in [-0.3, -0.25) is 0 Å². The van der Waals surface area contributed by atoms with Crippen LogP contribution < -0.4 is 0 Å². The van der Waals surface area contributed by atoms with E-state index < -0.39 is 7.12 Å². The smallest absolute Gasteiger partial charge is 0.427 e. The van der Waals surface area contributed by atoms with E-state index in [1.807, 2.05) is 24.4 Å². The first kappa shape index (κ1) is 11.7. The second kappa shape index (κ2) is 4.38. The van der Waals surface area contributed by atoms with Gasteiger partial charge in [0.05, 0.1) is 11.7 Å². The number of benzene rings is 1. The minimum absolute atomic E-state index is 0.0404. The molecular weight excluding hydrogens is 231 g/mol. The van der Waals surface area contributed by atoms with Crippen LogP contribution in [0.3, 0.4) is 0 Å². The highest BCUT2D eigenvalue weighted by Crippen LogP contribution is 2.55. The average Bonchev–Trinajstić information content (AvgIpc) is 3.06. The van der Waals surface area contributed by atoms with Gasteiger partial charge < -0.3 is 14.8 Å². The molecule has 5 nitrogen and oxygen atoms in total. The van der Waals surface area contributed by atoms with E-state index in [0.717, 1.165) is 22.9 Å². The summed E-state index contributed by atoms with van der Waals surface area (Å²) in [5.74, 6) is 0.190. The highest BCUT2D eigenvalue weighted by Gasteiger charge is 2.46. The van der Waals surface area contributed by atoms with Crippen LogP contribution in [-0.2, 0) is 11.5 Å². The van der Waals surface area contributed by atoms with E-state index in [4.69, 9.17) is 4.74 Å². The van der Waals surface area contributed by atoms with Gasteiger partial charge >= 0.3 is 7.12 Å². The van der Waals surface area contributed by atoms with Crippen LogP contribution in [0, 0.1) is 0 Å². The predicted octanol–water partition coefficient (Wildman–Crippen LogP) is 0.970. The molecule has 1 heterocycles. The van der Waals surface area contributed by atoms with E-state index in [0.29, 0.717) is 6.73 Å². The maximum atomic E-state index is 9.20. The van der Waals surface area contributed by atoms with Crippen molar-refractivity contribution >= 4 is 18.0 Å². The third-order valence-corrected chi connectivity index (χ3v) is 3.59. The van der Waals surface area contributed by atoms with Crippen LogP contribution in [0.2, 0.25) is 5.82 Å². The van der Waals surface area contributed by atoms with Crippen LogP contribution in [0.15, 0.2) is 24.4 Å². The summed E-state index contributed by atoms with van der Waals surface area (Å²) in [5, 5.41) is 23.8. The zero-order valence-electron chi connectivity index (χ0n) is 10.2. The fourth-order valence-electron chi connectivity index (χ4n) is 2.58. The van der Waals surface area contributed by atoms with Crippen molar-refractivity contribution in [3.05, 3.63) is 30.0 Å². The minimum Gasteiger partial charge on any atom is -0.427 e. The largest absolute Gasteiger partial charge is 0.455 e. The van der Waals surface area contributed by atoms with Gasteiger partial charge in [-0.25, -0.2) is 4.68 Å². The number of ether oxygens (including phenoxy) is 1. The summed E-state index contributed by atoms with van der Waals surface area (Å²) in [6.07, 6.45) is 2.65. The molecule has 0 bridgehead atoms. The molecule has 1 aliphatic carbocycles. The molecule has 18 heavy (non-hydrogen) atoms. The number of hydrogen-bond donors (Lipinski definition) is 2. The van der Waals surface area contributed by atoms with Crippen molar-refractivity contribution in [1.82, 2.24) is 9.78 Å². The molecular formula is C12H15BN2O3. The summed E-state index contributed by atoms with van der Waals surface area (Å²) in [4.78, 5) is 0. The Kier molecular flexibility index (Phi) is 2.85. The first-order chi connectivity index (χ1) is 8.72. The second-order valence-corrected chi connectivity index (χ2v) is 4.76. The standard InChI is InChI=1S/C12H15BN2O3/c1-18-7-15-12-4-2-3-8(10(12)6-14-15)9-5-11(9)13(16)17/h2-4,6,9,11,16-17H,5,7H2,1H3/t9-,11+/m0/s1. The van der Waals surface area contributed by atoms with Gasteiger partial charge in [-0.1, -0.05) is 12.1 Å². The lowest BCUT2D eigenvalue weighted by Crippen LogP contribution is -2.11. The van der Waals surface area contributed by atoms with Gasteiger partial charge in [-0.2, -0.15) is 5.10 Å². The van der Waals surface area contributed by atoms with Crippen molar-refractivity contribution in [2.45, 2.75) is 24.9 Å². The third kappa shape index (κ3) is 1.82. The van der Waals surface area contributed by atoms with Crippen molar-refractivity contribution in [3.63, 3.8) is 0 Å². The molecule has 2 aromatic rings. The maximum absolute atomic E-state index is 9.20. The fourth-order valence-corrected chi connectivity index (χ4v) is 2.58. The Morgan fingerprint density at radius 2 is 2.33 bits per heavy atom. The Hall–Kier alpha value is -1.37. The molecule has 0 amide bonds. The van der Waals surface area contributed by atoms with Crippen LogP contribution >= 0.6 is 0 Å². The van der Waals surface area contributed by atoms with Gasteiger partial charge in [-0.15, -0.1) is 0 Å². The zero-order valence-corrected chi connectivity index (χ0v) is 10.2. The molecule has 0 aliphatic heterocycles. The Morgan fingerprint density at radius 3 is 3.00 bits per heavy atom. The second-order valence-electron chi connectivity index (χ2n) is 4.76. The monoisotopic (exact) mass is 246 g/mol. The quantitative estimate of drug-likeness (QED) is 0.789. The molecule has 0 unspecified atom stereocenters. The number of aromatic nitrogens is 2. The van der Waals surface area contributed by atoms with Crippen LogP contribution in [0.25, 0.3) is 10.9 Å². The molecule has 3 rings (SSSR count). The number of hydrogen-bond acceptors (Lipinski definition) is 4. The molecule has 2 N–H and O–H groups in total. The highest BCUT2D eigenvalue weighted by molar-refractivity contribution is 6.44. The minimum atomic E-state index is -1.22. The first-order valence-corrected chi connectivity index (χ1v) is 6.02. The van der Waals surface area contributed by atoms with Crippen molar-refractivity contribution in [1.29, 1.82) is 0 Å². The molecule has 0 saturated heterocycles. The van der Waals surface area contributed by atoms with Crippen LogP contribution in [0.1, 0.15) is 17.9 Å². The highest BCUT2D eigenvalue weighted by atomic mass is 16.5. The SMILES string of the molecule is COCn1ncc2c([C@@H]3C[C@H]3B(O)O)cccc21. The molecule has 1 aromatic carbocycles. The normalized spacial score (nSPS) is 22.4. The van der Waals surface area contributed by atoms with Gasteiger partial charge in [-0.05, 0) is 24.0 Å². The molecule has 6 heteroatoms. The Bertz CT molecular complexity index is 569.